The zero-order valence-corrected chi connectivity index (χ0v) is 16.0. The number of benzene rings is 2. The second-order valence-corrected chi connectivity index (χ2v) is 6.75. The summed E-state index contributed by atoms with van der Waals surface area (Å²) in [4.78, 5) is 12.5. The van der Waals surface area contributed by atoms with Gasteiger partial charge in [0.2, 0.25) is 0 Å². The van der Waals surface area contributed by atoms with Gasteiger partial charge in [-0.05, 0) is 30.3 Å². The first-order chi connectivity index (χ1) is 14.7. The Labute approximate surface area is 172 Å². The number of nitriles is 1. The van der Waals surface area contributed by atoms with Crippen LogP contribution < -0.4 is 5.32 Å². The van der Waals surface area contributed by atoms with Crippen molar-refractivity contribution < 1.29 is 13.6 Å². The van der Waals surface area contributed by atoms with E-state index in [1.807, 2.05) is 41.1 Å². The summed E-state index contributed by atoms with van der Waals surface area (Å²) in [6, 6.07) is 19.7. The molecular formula is C24H18FN3O2. The number of fused-ring (bicyclic) bond motifs is 1. The van der Waals surface area contributed by atoms with Gasteiger partial charge in [-0.15, -0.1) is 0 Å². The third-order valence-corrected chi connectivity index (χ3v) is 4.79. The fraction of sp³-hybridized carbons (Fsp3) is 0.0833. The molecule has 1 amide bonds. The molecule has 0 radical (unpaired) electrons. The molecule has 0 saturated carbocycles. The fourth-order valence-electron chi connectivity index (χ4n) is 3.31. The van der Waals surface area contributed by atoms with Crippen molar-refractivity contribution in [1.29, 1.82) is 5.26 Å². The van der Waals surface area contributed by atoms with Gasteiger partial charge >= 0.3 is 0 Å². The number of nitrogens with one attached hydrogen (secondary N) is 1. The smallest absolute Gasteiger partial charge is 0.262 e. The van der Waals surface area contributed by atoms with Crippen molar-refractivity contribution in [3.63, 3.8) is 0 Å². The zero-order valence-electron chi connectivity index (χ0n) is 16.0. The van der Waals surface area contributed by atoms with Gasteiger partial charge < -0.3 is 14.3 Å². The minimum absolute atomic E-state index is 0.0182. The fourth-order valence-corrected chi connectivity index (χ4v) is 3.31. The molecule has 0 fully saturated rings. The summed E-state index contributed by atoms with van der Waals surface area (Å²) in [5.41, 5.74) is 2.15. The molecule has 2 aromatic carbocycles. The van der Waals surface area contributed by atoms with Crippen LogP contribution in [0.4, 0.5) is 4.39 Å². The molecule has 0 unspecified atom stereocenters. The average molecular weight is 399 g/mol. The topological polar surface area (TPSA) is 71.0 Å². The van der Waals surface area contributed by atoms with E-state index in [1.54, 1.807) is 36.4 Å². The number of carbonyl (C=O) groups excluding carboxylic acids is 1. The van der Waals surface area contributed by atoms with Gasteiger partial charge in [0.15, 0.2) is 0 Å². The molecule has 4 aromatic rings. The quantitative estimate of drug-likeness (QED) is 0.379. The Kier molecular flexibility index (Phi) is 5.44. The van der Waals surface area contributed by atoms with Gasteiger partial charge in [0.05, 0.1) is 19.4 Å². The van der Waals surface area contributed by atoms with E-state index in [-0.39, 0.29) is 17.9 Å². The summed E-state index contributed by atoms with van der Waals surface area (Å²) in [6.07, 6.45) is 4.90. The predicted molar refractivity (Wildman–Crippen MR) is 112 cm³/mol. The van der Waals surface area contributed by atoms with Gasteiger partial charge in [0.1, 0.15) is 23.2 Å². The molecule has 0 spiro atoms. The van der Waals surface area contributed by atoms with Gasteiger partial charge in [0, 0.05) is 28.2 Å². The number of hydrogen-bond donors (Lipinski definition) is 1. The Balaban J connectivity index is 1.65. The Bertz CT molecular complexity index is 1260. The maximum atomic E-state index is 14.1. The maximum Gasteiger partial charge on any atom is 0.262 e. The van der Waals surface area contributed by atoms with Crippen molar-refractivity contribution in [3.8, 4) is 6.07 Å². The monoisotopic (exact) mass is 399 g/mol. The minimum Gasteiger partial charge on any atom is -0.467 e. The minimum atomic E-state index is -0.486. The summed E-state index contributed by atoms with van der Waals surface area (Å²) in [7, 11) is 0. The first-order valence-electron chi connectivity index (χ1n) is 9.39. The van der Waals surface area contributed by atoms with E-state index < -0.39 is 5.91 Å². The van der Waals surface area contributed by atoms with E-state index in [1.165, 1.54) is 12.3 Å². The maximum absolute atomic E-state index is 14.1. The van der Waals surface area contributed by atoms with Crippen molar-refractivity contribution in [2.24, 2.45) is 0 Å². The van der Waals surface area contributed by atoms with Crippen molar-refractivity contribution in [2.45, 2.75) is 13.1 Å². The van der Waals surface area contributed by atoms with Crippen LogP contribution in [0.3, 0.4) is 0 Å². The zero-order chi connectivity index (χ0) is 20.9. The highest BCUT2D eigenvalue weighted by molar-refractivity contribution is 6.04. The molecule has 2 aromatic heterocycles. The van der Waals surface area contributed by atoms with Crippen LogP contribution in [0, 0.1) is 17.1 Å². The van der Waals surface area contributed by atoms with Crippen LogP contribution in [-0.2, 0) is 17.9 Å². The number of aromatic nitrogens is 1. The number of hydrogen-bond acceptors (Lipinski definition) is 3. The SMILES string of the molecule is N#C/C(=C\c1cn(Cc2ccccc2F)c2ccccc12)C(=O)NCc1ccco1. The Morgan fingerprint density at radius 3 is 2.70 bits per heavy atom. The number of halogens is 1. The van der Waals surface area contributed by atoms with Crippen molar-refractivity contribution >= 4 is 22.9 Å². The van der Waals surface area contributed by atoms with Gasteiger partial charge in [-0.3, -0.25) is 4.79 Å². The lowest BCUT2D eigenvalue weighted by Gasteiger charge is -2.06. The third-order valence-electron chi connectivity index (χ3n) is 4.79. The molecule has 5 nitrogen and oxygen atoms in total. The molecule has 1 N–H and O–H groups in total. The summed E-state index contributed by atoms with van der Waals surface area (Å²) in [5.74, 6) is -0.163. The van der Waals surface area contributed by atoms with E-state index in [0.29, 0.717) is 23.4 Å². The molecule has 0 aliphatic heterocycles. The first-order valence-corrected chi connectivity index (χ1v) is 9.39. The van der Waals surface area contributed by atoms with Crippen LogP contribution in [0.5, 0.6) is 0 Å². The van der Waals surface area contributed by atoms with E-state index in [0.717, 1.165) is 10.9 Å². The second kappa shape index (κ2) is 8.50. The molecule has 0 bridgehead atoms. The number of carbonyl (C=O) groups is 1. The van der Waals surface area contributed by atoms with Crippen molar-refractivity contribution in [1.82, 2.24) is 9.88 Å². The number of nitrogens with zero attached hydrogens (tertiary/aromatic N) is 2. The van der Waals surface area contributed by atoms with Gasteiger partial charge in [-0.2, -0.15) is 5.26 Å². The van der Waals surface area contributed by atoms with E-state index in [2.05, 4.69) is 5.32 Å². The van der Waals surface area contributed by atoms with Gasteiger partial charge in [-0.25, -0.2) is 4.39 Å². The standard InChI is InChI=1S/C24H18FN3O2/c25-22-9-3-1-6-17(22)15-28-16-19(21-8-2-4-10-23(21)28)12-18(13-26)24(29)27-14-20-7-5-11-30-20/h1-12,16H,14-15H2,(H,27,29)/b18-12+. The Morgan fingerprint density at radius 2 is 1.93 bits per heavy atom. The summed E-state index contributed by atoms with van der Waals surface area (Å²) in [6.45, 7) is 0.535. The molecule has 30 heavy (non-hydrogen) atoms. The van der Waals surface area contributed by atoms with Gasteiger partial charge in [0.25, 0.3) is 5.91 Å². The highest BCUT2D eigenvalue weighted by Gasteiger charge is 2.13. The third kappa shape index (κ3) is 4.01. The molecule has 2 heterocycles. The molecule has 0 atom stereocenters. The summed E-state index contributed by atoms with van der Waals surface area (Å²) < 4.78 is 21.2. The molecule has 0 aliphatic rings. The van der Waals surface area contributed by atoms with Crippen LogP contribution in [0.1, 0.15) is 16.9 Å². The molecule has 4 rings (SSSR count). The average Bonchev–Trinajstić information content (AvgIpc) is 3.40. The van der Waals surface area contributed by atoms with E-state index in [4.69, 9.17) is 4.42 Å². The normalized spacial score (nSPS) is 11.4. The lowest BCUT2D eigenvalue weighted by molar-refractivity contribution is -0.117. The van der Waals surface area contributed by atoms with Crippen LogP contribution in [0.15, 0.2) is 83.1 Å². The first kappa shape index (κ1) is 19.2. The number of furan rings is 1. The van der Waals surface area contributed by atoms with Crippen molar-refractivity contribution in [3.05, 3.63) is 101 Å². The van der Waals surface area contributed by atoms with Crippen LogP contribution in [0.2, 0.25) is 0 Å². The van der Waals surface area contributed by atoms with Crippen LogP contribution in [-0.4, -0.2) is 10.5 Å². The number of para-hydroxylation sites is 1. The summed E-state index contributed by atoms with van der Waals surface area (Å²) >= 11 is 0. The van der Waals surface area contributed by atoms with Crippen LogP contribution in [0.25, 0.3) is 17.0 Å². The number of rotatable bonds is 6. The van der Waals surface area contributed by atoms with E-state index >= 15 is 0 Å². The predicted octanol–water partition coefficient (Wildman–Crippen LogP) is 4.65. The Hall–Kier alpha value is -4.11. The van der Waals surface area contributed by atoms with E-state index in [9.17, 15) is 14.4 Å². The highest BCUT2D eigenvalue weighted by Crippen LogP contribution is 2.25. The van der Waals surface area contributed by atoms with Crippen molar-refractivity contribution in [2.75, 3.05) is 0 Å². The Morgan fingerprint density at radius 1 is 1.13 bits per heavy atom. The van der Waals surface area contributed by atoms with Gasteiger partial charge in [-0.1, -0.05) is 36.4 Å². The second-order valence-electron chi connectivity index (χ2n) is 6.75. The molecular weight excluding hydrogens is 381 g/mol. The number of amides is 1. The van der Waals surface area contributed by atoms with Crippen LogP contribution >= 0.6 is 0 Å². The largest absolute Gasteiger partial charge is 0.467 e. The lowest BCUT2D eigenvalue weighted by Crippen LogP contribution is -2.23. The molecule has 0 aliphatic carbocycles. The molecule has 6 heteroatoms. The summed E-state index contributed by atoms with van der Waals surface area (Å²) in [5, 5.41) is 13.1. The highest BCUT2D eigenvalue weighted by atomic mass is 19.1. The lowest BCUT2D eigenvalue weighted by atomic mass is 10.1. The molecule has 148 valence electrons. The molecule has 0 saturated heterocycles.